The minimum atomic E-state index is -1.28. The van der Waals surface area contributed by atoms with Crippen molar-refractivity contribution in [3.63, 3.8) is 0 Å². The third kappa shape index (κ3) is 6.42. The maximum atomic E-state index is 10.7. The number of ether oxygens (including phenoxy) is 1. The second-order valence-corrected chi connectivity index (χ2v) is 3.03. The molecule has 0 aliphatic heterocycles. The number of aliphatic carboxylic acids is 1. The van der Waals surface area contributed by atoms with Crippen molar-refractivity contribution in [1.29, 1.82) is 0 Å². The van der Waals surface area contributed by atoms with Crippen molar-refractivity contribution in [3.05, 3.63) is 0 Å². The Kier molecular flexibility index (Phi) is 6.74. The van der Waals surface area contributed by atoms with Crippen LogP contribution in [0.25, 0.3) is 0 Å². The summed E-state index contributed by atoms with van der Waals surface area (Å²) in [7, 11) is 1.33. The number of carboxylic acids is 1. The molecule has 0 saturated heterocycles. The average molecular weight is 204 g/mol. The number of esters is 1. The molecule has 0 spiro atoms. The summed E-state index contributed by atoms with van der Waals surface area (Å²) in [6.07, 6.45) is 1.28. The Balaban J connectivity index is 3.30. The number of hydrogen-bond donors (Lipinski definition) is 2. The molecule has 0 fully saturated rings. The first-order chi connectivity index (χ1) is 6.57. The molecule has 2 N–H and O–H groups in total. The summed E-state index contributed by atoms with van der Waals surface area (Å²) in [5.41, 5.74) is 0. The van der Waals surface area contributed by atoms with Crippen molar-refractivity contribution in [1.82, 2.24) is 0 Å². The molecule has 0 aliphatic rings. The molecule has 5 nitrogen and oxygen atoms in total. The van der Waals surface area contributed by atoms with Gasteiger partial charge in [-0.15, -0.1) is 0 Å². The van der Waals surface area contributed by atoms with Gasteiger partial charge in [-0.1, -0.05) is 12.8 Å². The highest BCUT2D eigenvalue weighted by Gasteiger charge is 2.11. The molecule has 0 aromatic carbocycles. The third-order valence-corrected chi connectivity index (χ3v) is 1.87. The Morgan fingerprint density at radius 3 is 2.43 bits per heavy atom. The molecule has 5 heteroatoms. The number of methoxy groups -OCH3 is 1. The minimum absolute atomic E-state index is 0.233. The van der Waals surface area contributed by atoms with E-state index in [1.807, 2.05) is 0 Å². The molecule has 0 bridgehead atoms. The van der Waals surface area contributed by atoms with Crippen LogP contribution in [0, 0.1) is 0 Å². The molecule has 0 radical (unpaired) electrons. The lowest BCUT2D eigenvalue weighted by atomic mass is 10.1. The quantitative estimate of drug-likeness (QED) is 0.467. The molecule has 0 saturated carbocycles. The SMILES string of the molecule is COC(=O)CCCCC[C@H](O)C(=O)O. The summed E-state index contributed by atoms with van der Waals surface area (Å²) in [5.74, 6) is -1.46. The van der Waals surface area contributed by atoms with Gasteiger partial charge in [0.05, 0.1) is 7.11 Å². The van der Waals surface area contributed by atoms with Gasteiger partial charge >= 0.3 is 11.9 Å². The van der Waals surface area contributed by atoms with E-state index in [0.29, 0.717) is 19.3 Å². The number of hydrogen-bond acceptors (Lipinski definition) is 4. The number of carboxylic acid groups (broad SMARTS) is 1. The van der Waals surface area contributed by atoms with Crippen LogP contribution in [0.2, 0.25) is 0 Å². The zero-order valence-electron chi connectivity index (χ0n) is 8.23. The number of carbonyl (C=O) groups is 2. The fraction of sp³-hybridized carbons (Fsp3) is 0.778. The standard InChI is InChI=1S/C9H16O5/c1-14-8(11)6-4-2-3-5-7(10)9(12)13/h7,10H,2-6H2,1H3,(H,12,13)/t7-/m0/s1. The topological polar surface area (TPSA) is 83.8 Å². The van der Waals surface area contributed by atoms with Crippen LogP contribution in [0.4, 0.5) is 0 Å². The van der Waals surface area contributed by atoms with Crippen LogP contribution in [0.3, 0.4) is 0 Å². The molecule has 0 aromatic heterocycles. The Labute approximate surface area is 82.7 Å². The first-order valence-corrected chi connectivity index (χ1v) is 4.55. The van der Waals surface area contributed by atoms with Crippen LogP contribution < -0.4 is 0 Å². The predicted molar refractivity (Wildman–Crippen MR) is 48.7 cm³/mol. The summed E-state index contributed by atoms with van der Waals surface area (Å²) < 4.78 is 4.43. The van der Waals surface area contributed by atoms with E-state index in [2.05, 4.69) is 4.74 Å². The fourth-order valence-electron chi connectivity index (χ4n) is 1.01. The van der Waals surface area contributed by atoms with Crippen molar-refractivity contribution < 1.29 is 24.5 Å². The molecule has 0 aliphatic carbocycles. The lowest BCUT2D eigenvalue weighted by Gasteiger charge is -2.04. The first-order valence-electron chi connectivity index (χ1n) is 4.55. The van der Waals surface area contributed by atoms with Crippen molar-refractivity contribution >= 4 is 11.9 Å². The first kappa shape index (κ1) is 12.9. The van der Waals surface area contributed by atoms with Crippen LogP contribution in [-0.4, -0.2) is 35.4 Å². The second kappa shape index (κ2) is 7.32. The highest BCUT2D eigenvalue weighted by molar-refractivity contribution is 5.71. The minimum Gasteiger partial charge on any atom is -0.479 e. The van der Waals surface area contributed by atoms with Crippen LogP contribution >= 0.6 is 0 Å². The molecule has 0 unspecified atom stereocenters. The maximum Gasteiger partial charge on any atom is 0.332 e. The number of rotatable bonds is 7. The normalized spacial score (nSPS) is 12.1. The zero-order chi connectivity index (χ0) is 11.0. The van der Waals surface area contributed by atoms with E-state index in [1.165, 1.54) is 7.11 Å². The van der Waals surface area contributed by atoms with E-state index in [-0.39, 0.29) is 12.4 Å². The van der Waals surface area contributed by atoms with Gasteiger partial charge in [0, 0.05) is 6.42 Å². The smallest absolute Gasteiger partial charge is 0.332 e. The van der Waals surface area contributed by atoms with Gasteiger partial charge in [-0.25, -0.2) is 4.79 Å². The van der Waals surface area contributed by atoms with Gasteiger partial charge in [-0.3, -0.25) is 4.79 Å². The summed E-state index contributed by atoms with van der Waals surface area (Å²) in [5, 5.41) is 17.2. The van der Waals surface area contributed by atoms with E-state index >= 15 is 0 Å². The Morgan fingerprint density at radius 1 is 1.29 bits per heavy atom. The molecule has 0 aromatic rings. The third-order valence-electron chi connectivity index (χ3n) is 1.87. The van der Waals surface area contributed by atoms with E-state index < -0.39 is 12.1 Å². The van der Waals surface area contributed by atoms with Crippen LogP contribution in [0.15, 0.2) is 0 Å². The molecule has 0 rings (SSSR count). The van der Waals surface area contributed by atoms with Crippen LogP contribution in [-0.2, 0) is 14.3 Å². The Bertz CT molecular complexity index is 190. The average Bonchev–Trinajstić information content (AvgIpc) is 2.16. The molecule has 1 atom stereocenters. The predicted octanol–water partition coefficient (Wildman–Crippen LogP) is 0.555. The van der Waals surface area contributed by atoms with Gasteiger partial charge in [0.1, 0.15) is 0 Å². The van der Waals surface area contributed by atoms with Crippen molar-refractivity contribution in [3.8, 4) is 0 Å². The number of carbonyl (C=O) groups excluding carboxylic acids is 1. The van der Waals surface area contributed by atoms with Crippen molar-refractivity contribution in [2.75, 3.05) is 7.11 Å². The largest absolute Gasteiger partial charge is 0.479 e. The highest BCUT2D eigenvalue weighted by atomic mass is 16.5. The summed E-state index contributed by atoms with van der Waals surface area (Å²) in [6, 6.07) is 0. The number of unbranched alkanes of at least 4 members (excludes halogenated alkanes) is 2. The summed E-state index contributed by atoms with van der Waals surface area (Å²) in [4.78, 5) is 20.8. The van der Waals surface area contributed by atoms with Gasteiger partial charge in [-0.2, -0.15) is 0 Å². The Hall–Kier alpha value is -1.10. The summed E-state index contributed by atoms with van der Waals surface area (Å²) >= 11 is 0. The van der Waals surface area contributed by atoms with E-state index in [4.69, 9.17) is 10.2 Å². The molecule has 82 valence electrons. The van der Waals surface area contributed by atoms with Gasteiger partial charge in [-0.05, 0) is 12.8 Å². The highest BCUT2D eigenvalue weighted by Crippen LogP contribution is 2.06. The van der Waals surface area contributed by atoms with Crippen molar-refractivity contribution in [2.45, 2.75) is 38.2 Å². The second-order valence-electron chi connectivity index (χ2n) is 3.03. The van der Waals surface area contributed by atoms with E-state index in [0.717, 1.165) is 6.42 Å². The number of aliphatic hydroxyl groups excluding tert-OH is 1. The molecular formula is C9H16O5. The van der Waals surface area contributed by atoms with E-state index in [1.54, 1.807) is 0 Å². The van der Waals surface area contributed by atoms with Crippen LogP contribution in [0.5, 0.6) is 0 Å². The lowest BCUT2D eigenvalue weighted by Crippen LogP contribution is -2.18. The monoisotopic (exact) mass is 204 g/mol. The fourth-order valence-corrected chi connectivity index (χ4v) is 1.01. The van der Waals surface area contributed by atoms with Gasteiger partial charge in [0.25, 0.3) is 0 Å². The maximum absolute atomic E-state index is 10.7. The molecule has 0 heterocycles. The summed E-state index contributed by atoms with van der Waals surface area (Å²) in [6.45, 7) is 0. The molecule has 0 amide bonds. The van der Waals surface area contributed by atoms with Gasteiger partial charge in [0.2, 0.25) is 0 Å². The molecule has 14 heavy (non-hydrogen) atoms. The van der Waals surface area contributed by atoms with Crippen molar-refractivity contribution in [2.24, 2.45) is 0 Å². The van der Waals surface area contributed by atoms with Gasteiger partial charge in [0.15, 0.2) is 6.10 Å². The lowest BCUT2D eigenvalue weighted by molar-refractivity contribution is -0.147. The number of aliphatic hydroxyl groups is 1. The molecular weight excluding hydrogens is 188 g/mol. The zero-order valence-corrected chi connectivity index (χ0v) is 8.23. The van der Waals surface area contributed by atoms with E-state index in [9.17, 15) is 9.59 Å². The Morgan fingerprint density at radius 2 is 1.93 bits per heavy atom. The van der Waals surface area contributed by atoms with Crippen LogP contribution in [0.1, 0.15) is 32.1 Å². The van der Waals surface area contributed by atoms with Gasteiger partial charge < -0.3 is 14.9 Å².